The van der Waals surface area contributed by atoms with Gasteiger partial charge >= 0.3 is 6.03 Å². The Morgan fingerprint density at radius 3 is 2.50 bits per heavy atom. The summed E-state index contributed by atoms with van der Waals surface area (Å²) in [5.41, 5.74) is 0.0553. The molecule has 1 aromatic heterocycles. The van der Waals surface area contributed by atoms with Crippen molar-refractivity contribution in [3.05, 3.63) is 11.7 Å². The molecule has 7 nitrogen and oxygen atoms in total. The van der Waals surface area contributed by atoms with Crippen molar-refractivity contribution >= 4 is 6.03 Å². The molecule has 0 aliphatic heterocycles. The summed E-state index contributed by atoms with van der Waals surface area (Å²) in [6.45, 7) is 2.59. The van der Waals surface area contributed by atoms with Crippen LogP contribution in [0.5, 0.6) is 0 Å². The Balaban J connectivity index is 1.22. The third kappa shape index (κ3) is 3.87. The number of aromatic nitrogens is 2. The fourth-order valence-corrected chi connectivity index (χ4v) is 5.68. The highest BCUT2D eigenvalue weighted by molar-refractivity contribution is 5.74. The number of hydrogen-bond donors (Lipinski definition) is 3. The number of hydrogen-bond acceptors (Lipinski definition) is 5. The highest BCUT2D eigenvalue weighted by Gasteiger charge is 2.51. The van der Waals surface area contributed by atoms with E-state index in [-0.39, 0.29) is 11.6 Å². The highest BCUT2D eigenvalue weighted by Crippen LogP contribution is 2.55. The number of carbonyl (C=O) groups is 1. The molecule has 26 heavy (non-hydrogen) atoms. The van der Waals surface area contributed by atoms with Gasteiger partial charge in [-0.2, -0.15) is 4.98 Å². The van der Waals surface area contributed by atoms with E-state index in [0.717, 1.165) is 24.2 Å². The van der Waals surface area contributed by atoms with E-state index in [0.29, 0.717) is 30.7 Å². The topological polar surface area (TPSA) is 92.1 Å². The molecule has 2 amide bonds. The van der Waals surface area contributed by atoms with Gasteiger partial charge in [-0.3, -0.25) is 0 Å². The number of rotatable bonds is 7. The molecule has 4 fully saturated rings. The third-order valence-corrected chi connectivity index (χ3v) is 6.53. The van der Waals surface area contributed by atoms with E-state index >= 15 is 0 Å². The first-order valence-corrected chi connectivity index (χ1v) is 10.1. The number of nitrogens with zero attached hydrogens (tertiary/aromatic N) is 2. The fourth-order valence-electron chi connectivity index (χ4n) is 5.68. The molecule has 1 heterocycles. The Labute approximate surface area is 155 Å². The van der Waals surface area contributed by atoms with Crippen molar-refractivity contribution in [1.82, 2.24) is 26.1 Å². The van der Waals surface area contributed by atoms with E-state index < -0.39 is 0 Å². The van der Waals surface area contributed by atoms with Crippen LogP contribution in [0.25, 0.3) is 0 Å². The summed E-state index contributed by atoms with van der Waals surface area (Å²) >= 11 is 0. The molecule has 4 bridgehead atoms. The van der Waals surface area contributed by atoms with E-state index in [9.17, 15) is 4.79 Å². The Morgan fingerprint density at radius 2 is 1.88 bits per heavy atom. The highest BCUT2D eigenvalue weighted by atomic mass is 16.5. The first-order chi connectivity index (χ1) is 12.5. The van der Waals surface area contributed by atoms with E-state index in [1.54, 1.807) is 0 Å². The smallest absolute Gasteiger partial charge is 0.315 e. The van der Waals surface area contributed by atoms with Crippen LogP contribution < -0.4 is 16.0 Å². The van der Waals surface area contributed by atoms with Gasteiger partial charge in [0.25, 0.3) is 0 Å². The molecule has 4 aliphatic rings. The Hall–Kier alpha value is -1.63. The van der Waals surface area contributed by atoms with Crippen molar-refractivity contribution in [3.63, 3.8) is 0 Å². The van der Waals surface area contributed by atoms with Gasteiger partial charge in [-0.05, 0) is 70.3 Å². The van der Waals surface area contributed by atoms with Crippen LogP contribution >= 0.6 is 0 Å². The molecule has 0 saturated heterocycles. The summed E-state index contributed by atoms with van der Waals surface area (Å²) in [5, 5.41) is 13.5. The van der Waals surface area contributed by atoms with Gasteiger partial charge in [0.15, 0.2) is 5.82 Å². The van der Waals surface area contributed by atoms with Crippen molar-refractivity contribution in [1.29, 1.82) is 0 Å². The number of likely N-dealkylation sites (N-methyl/N-ethyl adjacent to an activating group) is 1. The van der Waals surface area contributed by atoms with Gasteiger partial charge in [-0.1, -0.05) is 5.16 Å². The molecule has 4 saturated carbocycles. The SMILES string of the molecule is CNC(C)Cc1noc(CCNC(=O)NC23CC4CC(CC(C4)C2)C3)n1. The molecule has 1 atom stereocenters. The van der Waals surface area contributed by atoms with Gasteiger partial charge in [0, 0.05) is 31.0 Å². The van der Waals surface area contributed by atoms with Crippen molar-refractivity contribution in [2.24, 2.45) is 17.8 Å². The second-order valence-electron chi connectivity index (χ2n) is 8.83. The summed E-state index contributed by atoms with van der Waals surface area (Å²) in [5.74, 6) is 3.79. The van der Waals surface area contributed by atoms with Gasteiger partial charge in [-0.15, -0.1) is 0 Å². The van der Waals surface area contributed by atoms with E-state index in [1.807, 2.05) is 7.05 Å². The maximum absolute atomic E-state index is 12.4. The Bertz CT molecular complexity index is 608. The predicted octanol–water partition coefficient (Wildman–Crippen LogP) is 2.03. The van der Waals surface area contributed by atoms with Crippen molar-refractivity contribution < 1.29 is 9.32 Å². The minimum atomic E-state index is -0.0458. The maximum atomic E-state index is 12.4. The van der Waals surface area contributed by atoms with Crippen molar-refractivity contribution in [3.8, 4) is 0 Å². The third-order valence-electron chi connectivity index (χ3n) is 6.53. The summed E-state index contributed by atoms with van der Waals surface area (Å²) in [4.78, 5) is 16.8. The van der Waals surface area contributed by atoms with E-state index in [2.05, 4.69) is 33.0 Å². The Kier molecular flexibility index (Phi) is 4.90. The molecule has 4 aliphatic carbocycles. The van der Waals surface area contributed by atoms with Crippen molar-refractivity contribution in [2.45, 2.75) is 69.9 Å². The summed E-state index contributed by atoms with van der Waals surface area (Å²) in [7, 11) is 1.91. The largest absolute Gasteiger partial charge is 0.339 e. The van der Waals surface area contributed by atoms with E-state index in [1.165, 1.54) is 38.5 Å². The molecule has 7 heteroatoms. The average molecular weight is 361 g/mol. The summed E-state index contributed by atoms with van der Waals surface area (Å²) in [6.07, 6.45) is 8.96. The molecule has 1 unspecified atom stereocenters. The van der Waals surface area contributed by atoms with Crippen LogP contribution in [-0.2, 0) is 12.8 Å². The normalized spacial score (nSPS) is 33.2. The second-order valence-corrected chi connectivity index (χ2v) is 8.83. The van der Waals surface area contributed by atoms with Gasteiger partial charge < -0.3 is 20.5 Å². The maximum Gasteiger partial charge on any atom is 0.315 e. The first-order valence-electron chi connectivity index (χ1n) is 10.1. The van der Waals surface area contributed by atoms with Crippen LogP contribution in [0.2, 0.25) is 0 Å². The molecule has 144 valence electrons. The van der Waals surface area contributed by atoms with Crippen LogP contribution in [0.1, 0.15) is 57.2 Å². The number of nitrogens with one attached hydrogen (secondary N) is 3. The van der Waals surface area contributed by atoms with Gasteiger partial charge in [-0.25, -0.2) is 4.79 Å². The van der Waals surface area contributed by atoms with Crippen LogP contribution in [0, 0.1) is 17.8 Å². The number of amides is 2. The number of urea groups is 1. The van der Waals surface area contributed by atoms with Crippen molar-refractivity contribution in [2.75, 3.05) is 13.6 Å². The molecule has 0 radical (unpaired) electrons. The molecule has 1 aromatic rings. The minimum absolute atomic E-state index is 0.0458. The zero-order valence-corrected chi connectivity index (χ0v) is 15.9. The summed E-state index contributed by atoms with van der Waals surface area (Å²) < 4.78 is 5.27. The lowest BCUT2D eigenvalue weighted by Gasteiger charge is -2.56. The van der Waals surface area contributed by atoms with Gasteiger partial charge in [0.1, 0.15) is 0 Å². The second kappa shape index (κ2) is 7.18. The fraction of sp³-hybridized carbons (Fsp3) is 0.842. The predicted molar refractivity (Wildman–Crippen MR) is 97.7 cm³/mol. The van der Waals surface area contributed by atoms with Crippen LogP contribution in [-0.4, -0.2) is 41.3 Å². The molecule has 0 spiro atoms. The first kappa shape index (κ1) is 17.8. The molecule has 3 N–H and O–H groups in total. The monoisotopic (exact) mass is 361 g/mol. The average Bonchev–Trinajstić information content (AvgIpc) is 3.00. The molecular weight excluding hydrogens is 330 g/mol. The lowest BCUT2D eigenvalue weighted by molar-refractivity contribution is -0.0135. The van der Waals surface area contributed by atoms with Crippen LogP contribution in [0.15, 0.2) is 4.52 Å². The van der Waals surface area contributed by atoms with Gasteiger partial charge in [0.2, 0.25) is 5.89 Å². The van der Waals surface area contributed by atoms with Crippen LogP contribution in [0.4, 0.5) is 4.79 Å². The standard InChI is InChI=1S/C19H31N5O2/c1-12(20-2)5-16-22-17(26-24-16)3-4-21-18(25)23-19-9-13-6-14(10-19)8-15(7-13)11-19/h12-15,20H,3-11H2,1-2H3,(H2,21,23,25). The summed E-state index contributed by atoms with van der Waals surface area (Å²) in [6, 6.07) is 0.264. The zero-order chi connectivity index (χ0) is 18.1. The lowest BCUT2D eigenvalue weighted by atomic mass is 9.53. The molecule has 5 rings (SSSR count). The number of carbonyl (C=O) groups excluding carboxylic acids is 1. The van der Waals surface area contributed by atoms with E-state index in [4.69, 9.17) is 4.52 Å². The zero-order valence-electron chi connectivity index (χ0n) is 15.9. The molecule has 0 aromatic carbocycles. The lowest BCUT2D eigenvalue weighted by Crippen LogP contribution is -2.61. The quantitative estimate of drug-likeness (QED) is 0.691. The van der Waals surface area contributed by atoms with Gasteiger partial charge in [0.05, 0.1) is 0 Å². The Morgan fingerprint density at radius 1 is 1.23 bits per heavy atom. The molecular formula is C19H31N5O2. The minimum Gasteiger partial charge on any atom is -0.339 e. The van der Waals surface area contributed by atoms with Crippen LogP contribution in [0.3, 0.4) is 0 Å².